The fraction of sp³-hybridized carbons (Fsp3) is 0.938. The molecule has 1 N–H and O–H groups in total. The van der Waals surface area contributed by atoms with Crippen LogP contribution in [0, 0.1) is 11.3 Å². The van der Waals surface area contributed by atoms with Crippen molar-refractivity contribution in [2.45, 2.75) is 77.8 Å². The van der Waals surface area contributed by atoms with E-state index in [0.29, 0.717) is 6.04 Å². The van der Waals surface area contributed by atoms with Crippen molar-refractivity contribution in [2.75, 3.05) is 20.1 Å². The van der Waals surface area contributed by atoms with E-state index in [-0.39, 0.29) is 5.54 Å². The first-order valence-electron chi connectivity index (χ1n) is 7.85. The summed E-state index contributed by atoms with van der Waals surface area (Å²) in [4.78, 5) is 2.44. The summed E-state index contributed by atoms with van der Waals surface area (Å²) in [6, 6.07) is 3.09. The number of rotatable bonds is 11. The highest BCUT2D eigenvalue weighted by Gasteiger charge is 2.21. The molecular formula is C16H33N3. The third-order valence-electron chi connectivity index (χ3n) is 3.91. The van der Waals surface area contributed by atoms with Crippen molar-refractivity contribution >= 4 is 0 Å². The van der Waals surface area contributed by atoms with Gasteiger partial charge in [0, 0.05) is 6.04 Å². The Morgan fingerprint density at radius 1 is 1.26 bits per heavy atom. The molecule has 0 saturated carbocycles. The molecule has 0 bridgehead atoms. The summed E-state index contributed by atoms with van der Waals surface area (Å²) in [5, 5.41) is 12.6. The number of hydrogen-bond donors (Lipinski definition) is 1. The molecule has 0 aliphatic rings. The fourth-order valence-electron chi connectivity index (χ4n) is 2.28. The summed E-state index contributed by atoms with van der Waals surface area (Å²) in [6.45, 7) is 10.8. The Morgan fingerprint density at radius 2 is 1.95 bits per heavy atom. The van der Waals surface area contributed by atoms with Gasteiger partial charge in [0.1, 0.15) is 5.54 Å². The number of nitrogens with one attached hydrogen (secondary N) is 1. The van der Waals surface area contributed by atoms with Crippen molar-refractivity contribution in [2.24, 2.45) is 0 Å². The molecule has 0 aromatic heterocycles. The smallest absolute Gasteiger partial charge is 0.103 e. The van der Waals surface area contributed by atoms with Crippen molar-refractivity contribution in [1.82, 2.24) is 10.2 Å². The Balaban J connectivity index is 3.86. The molecule has 0 saturated heterocycles. The Labute approximate surface area is 120 Å². The van der Waals surface area contributed by atoms with Crippen LogP contribution >= 0.6 is 0 Å². The van der Waals surface area contributed by atoms with Crippen LogP contribution in [0.5, 0.6) is 0 Å². The average Bonchev–Trinajstić information content (AvgIpc) is 2.41. The Kier molecular flexibility index (Phi) is 9.91. The molecule has 0 aliphatic carbocycles. The lowest BCUT2D eigenvalue weighted by molar-refractivity contribution is 0.237. The third kappa shape index (κ3) is 8.23. The molecule has 0 aromatic carbocycles. The standard InChI is InChI=1S/C16H33N3/c1-6-10-15(3)19(5)13-9-8-11-16(4,14-17)18-12-7-2/h15,18H,6-13H2,1-5H3. The topological polar surface area (TPSA) is 39.1 Å². The van der Waals surface area contributed by atoms with E-state index in [1.807, 2.05) is 6.92 Å². The van der Waals surface area contributed by atoms with Crippen LogP contribution in [0.15, 0.2) is 0 Å². The lowest BCUT2D eigenvalue weighted by atomic mass is 9.96. The monoisotopic (exact) mass is 267 g/mol. The van der Waals surface area contributed by atoms with Crippen LogP contribution in [-0.4, -0.2) is 36.6 Å². The Morgan fingerprint density at radius 3 is 2.47 bits per heavy atom. The molecule has 3 heteroatoms. The summed E-state index contributed by atoms with van der Waals surface area (Å²) < 4.78 is 0. The lowest BCUT2D eigenvalue weighted by Crippen LogP contribution is -2.41. The highest BCUT2D eigenvalue weighted by molar-refractivity contribution is 5.03. The summed E-state index contributed by atoms with van der Waals surface area (Å²) in [5.41, 5.74) is -0.344. The molecule has 0 amide bonds. The maximum Gasteiger partial charge on any atom is 0.103 e. The second-order valence-electron chi connectivity index (χ2n) is 5.95. The molecule has 0 aliphatic heterocycles. The minimum Gasteiger partial charge on any atom is -0.304 e. The molecule has 112 valence electrons. The van der Waals surface area contributed by atoms with Gasteiger partial charge >= 0.3 is 0 Å². The number of unbranched alkanes of at least 4 members (excludes halogenated alkanes) is 1. The fourth-order valence-corrected chi connectivity index (χ4v) is 2.28. The first kappa shape index (κ1) is 18.4. The van der Waals surface area contributed by atoms with Crippen molar-refractivity contribution < 1.29 is 0 Å². The third-order valence-corrected chi connectivity index (χ3v) is 3.91. The van der Waals surface area contributed by atoms with Crippen LogP contribution < -0.4 is 5.32 Å². The van der Waals surface area contributed by atoms with Gasteiger partial charge in [-0.3, -0.25) is 5.32 Å². The zero-order chi connectivity index (χ0) is 14.7. The summed E-state index contributed by atoms with van der Waals surface area (Å²) in [6.07, 6.45) is 6.83. The minimum absolute atomic E-state index is 0.344. The van der Waals surface area contributed by atoms with Gasteiger partial charge in [-0.2, -0.15) is 5.26 Å². The number of hydrogen-bond acceptors (Lipinski definition) is 3. The molecule has 0 rings (SSSR count). The summed E-state index contributed by atoms with van der Waals surface area (Å²) in [7, 11) is 2.21. The SMILES string of the molecule is CCCNC(C)(C#N)CCCCN(C)C(C)CCC. The van der Waals surface area contributed by atoms with Crippen LogP contribution in [-0.2, 0) is 0 Å². The van der Waals surface area contributed by atoms with E-state index in [9.17, 15) is 5.26 Å². The summed E-state index contributed by atoms with van der Waals surface area (Å²) in [5.74, 6) is 0. The maximum absolute atomic E-state index is 9.26. The van der Waals surface area contributed by atoms with Gasteiger partial charge < -0.3 is 4.90 Å². The zero-order valence-corrected chi connectivity index (χ0v) is 13.6. The zero-order valence-electron chi connectivity index (χ0n) is 13.6. The molecule has 2 unspecified atom stereocenters. The lowest BCUT2D eigenvalue weighted by Gasteiger charge is -2.26. The predicted molar refractivity (Wildman–Crippen MR) is 83.2 cm³/mol. The average molecular weight is 267 g/mol. The van der Waals surface area contributed by atoms with E-state index in [0.717, 1.165) is 32.4 Å². The van der Waals surface area contributed by atoms with E-state index < -0.39 is 0 Å². The molecule has 2 atom stereocenters. The van der Waals surface area contributed by atoms with Gasteiger partial charge in [-0.05, 0) is 66.1 Å². The van der Waals surface area contributed by atoms with Gasteiger partial charge in [-0.1, -0.05) is 20.3 Å². The largest absolute Gasteiger partial charge is 0.304 e. The normalized spacial score (nSPS) is 16.1. The van der Waals surface area contributed by atoms with E-state index in [2.05, 4.69) is 44.1 Å². The number of nitriles is 1. The summed E-state index contributed by atoms with van der Waals surface area (Å²) >= 11 is 0. The molecule has 0 fully saturated rings. The molecule has 19 heavy (non-hydrogen) atoms. The van der Waals surface area contributed by atoms with Crippen molar-refractivity contribution in [3.05, 3.63) is 0 Å². The molecule has 0 spiro atoms. The van der Waals surface area contributed by atoms with Gasteiger partial charge in [0.2, 0.25) is 0 Å². The van der Waals surface area contributed by atoms with Crippen molar-refractivity contribution in [1.29, 1.82) is 5.26 Å². The van der Waals surface area contributed by atoms with E-state index in [1.54, 1.807) is 0 Å². The first-order chi connectivity index (χ1) is 8.99. The van der Waals surface area contributed by atoms with Crippen LogP contribution in [0.3, 0.4) is 0 Å². The minimum atomic E-state index is -0.344. The predicted octanol–water partition coefficient (Wildman–Crippen LogP) is 3.56. The molecule has 3 nitrogen and oxygen atoms in total. The maximum atomic E-state index is 9.26. The highest BCUT2D eigenvalue weighted by atomic mass is 15.1. The molecule has 0 heterocycles. The highest BCUT2D eigenvalue weighted by Crippen LogP contribution is 2.14. The first-order valence-corrected chi connectivity index (χ1v) is 7.85. The van der Waals surface area contributed by atoms with Crippen LogP contribution in [0.25, 0.3) is 0 Å². The Bertz CT molecular complexity index is 259. The molecule has 0 radical (unpaired) electrons. The van der Waals surface area contributed by atoms with Crippen molar-refractivity contribution in [3.63, 3.8) is 0 Å². The van der Waals surface area contributed by atoms with Gasteiger partial charge in [-0.25, -0.2) is 0 Å². The van der Waals surface area contributed by atoms with Crippen LogP contribution in [0.1, 0.15) is 66.2 Å². The van der Waals surface area contributed by atoms with E-state index >= 15 is 0 Å². The molecule has 0 aromatic rings. The Hall–Kier alpha value is -0.590. The second kappa shape index (κ2) is 10.2. The number of nitrogens with zero attached hydrogens (tertiary/aromatic N) is 2. The van der Waals surface area contributed by atoms with Gasteiger partial charge in [0.15, 0.2) is 0 Å². The van der Waals surface area contributed by atoms with Crippen molar-refractivity contribution in [3.8, 4) is 6.07 Å². The van der Waals surface area contributed by atoms with Gasteiger partial charge in [-0.15, -0.1) is 0 Å². The van der Waals surface area contributed by atoms with Crippen LogP contribution in [0.2, 0.25) is 0 Å². The van der Waals surface area contributed by atoms with Crippen LogP contribution in [0.4, 0.5) is 0 Å². The second-order valence-corrected chi connectivity index (χ2v) is 5.95. The quantitative estimate of drug-likeness (QED) is 0.582. The van der Waals surface area contributed by atoms with Gasteiger partial charge in [0.25, 0.3) is 0 Å². The van der Waals surface area contributed by atoms with Gasteiger partial charge in [0.05, 0.1) is 6.07 Å². The van der Waals surface area contributed by atoms with E-state index in [1.165, 1.54) is 19.3 Å². The van der Waals surface area contributed by atoms with E-state index in [4.69, 9.17) is 0 Å². The molecular weight excluding hydrogens is 234 g/mol.